The molecule has 2 heterocycles. The maximum absolute atomic E-state index is 14.3. The molecule has 0 bridgehead atoms. The van der Waals surface area contributed by atoms with Crippen LogP contribution in [0.4, 0.5) is 0 Å². The Morgan fingerprint density at radius 1 is 0.750 bits per heavy atom. The largest absolute Gasteiger partial charge is 0.375 e. The van der Waals surface area contributed by atoms with E-state index in [1.807, 2.05) is 0 Å². The number of unbranched alkanes of at least 4 members (excludes halogenated alkanes) is 2. The Labute approximate surface area is 292 Å². The minimum atomic E-state index is -3.32. The highest BCUT2D eigenvalue weighted by atomic mass is 79.9. The number of nitrogens with zero attached hydrogens (tertiary/aromatic N) is 2. The van der Waals surface area contributed by atoms with Gasteiger partial charge in [0.1, 0.15) is 0 Å². The van der Waals surface area contributed by atoms with Gasteiger partial charge in [0.15, 0.2) is 17.5 Å². The normalized spacial score (nSPS) is 13.5. The Hall–Kier alpha value is -4.16. The van der Waals surface area contributed by atoms with Crippen LogP contribution in [0.2, 0.25) is 0 Å². The molecule has 0 radical (unpaired) electrons. The molecule has 4 rings (SSSR count). The topological polar surface area (TPSA) is 279 Å². The first kappa shape index (κ1) is 36.7. The number of carbonyl (C=O) groups is 2. The van der Waals surface area contributed by atoms with Crippen LogP contribution < -0.4 is 33.6 Å². The van der Waals surface area contributed by atoms with Gasteiger partial charge >= 0.3 is 0 Å². The number of carbonyl (C=O) groups excluding carboxylic acids is 2. The fraction of sp³-hybridized carbons (Fsp3) is 0.355. The van der Waals surface area contributed by atoms with E-state index in [9.17, 15) is 24.9 Å². The number of rotatable bonds is 16. The highest BCUT2D eigenvalue weighted by molar-refractivity contribution is 9.10. The molecular weight excluding hydrogens is 752 g/mol. The molecule has 0 saturated heterocycles. The van der Waals surface area contributed by atoms with Crippen LogP contribution >= 0.6 is 31.9 Å². The molecule has 4 aromatic rings. The van der Waals surface area contributed by atoms with E-state index in [-0.39, 0.29) is 36.1 Å². The van der Waals surface area contributed by atoms with Crippen LogP contribution in [0.25, 0.3) is 21.8 Å². The molecule has 2 atom stereocenters. The van der Waals surface area contributed by atoms with E-state index in [4.69, 9.17) is 22.9 Å². The van der Waals surface area contributed by atoms with Crippen molar-refractivity contribution in [1.82, 2.24) is 20.6 Å². The van der Waals surface area contributed by atoms with Crippen molar-refractivity contribution < 1.29 is 24.9 Å². The molecule has 258 valence electrons. The maximum Gasteiger partial charge on any atom is 0.280 e. The number of halogens is 2. The third-order valence-corrected chi connectivity index (χ3v) is 8.86. The number of benzene rings is 2. The van der Waals surface area contributed by atoms with Crippen molar-refractivity contribution in [2.24, 2.45) is 32.9 Å². The number of hydrogen-bond donors (Lipinski definition) is 11. The monoisotopic (exact) mass is 790 g/mol. The number of aromatic nitrogens is 2. The Balaban J connectivity index is 1.81. The molecule has 15 N–H and O–H groups in total. The number of aromatic amines is 2. The summed E-state index contributed by atoms with van der Waals surface area (Å²) in [5, 5.41) is 42.7. The molecule has 2 aromatic heterocycles. The first-order chi connectivity index (χ1) is 22.8. The molecule has 0 fully saturated rings. The SMILES string of the molecule is NC(N)=NCCCCNC(=O)C(O)(O)C(c1c[nH]c2cc(Br)ccc12)C(O)(C(=O)NCCCCN=C(N)N)c1c[nH]c2cc(Br)ccc12. The van der Waals surface area contributed by atoms with Gasteiger partial charge in [0.05, 0.1) is 5.92 Å². The lowest BCUT2D eigenvalue weighted by Crippen LogP contribution is -2.61. The summed E-state index contributed by atoms with van der Waals surface area (Å²) in [4.78, 5) is 42.0. The molecular formula is C31H40Br2N10O5. The summed E-state index contributed by atoms with van der Waals surface area (Å²) in [6.45, 7) is 0.777. The number of guanidine groups is 2. The highest BCUT2D eigenvalue weighted by Gasteiger charge is 2.60. The van der Waals surface area contributed by atoms with E-state index in [2.05, 4.69) is 62.4 Å². The van der Waals surface area contributed by atoms with Crippen LogP contribution in [0.1, 0.15) is 42.7 Å². The van der Waals surface area contributed by atoms with E-state index in [0.29, 0.717) is 60.6 Å². The van der Waals surface area contributed by atoms with E-state index >= 15 is 0 Å². The van der Waals surface area contributed by atoms with Crippen LogP contribution in [-0.4, -0.2) is 81.0 Å². The lowest BCUT2D eigenvalue weighted by atomic mass is 9.71. The Morgan fingerprint density at radius 3 is 1.81 bits per heavy atom. The quantitative estimate of drug-likeness (QED) is 0.0336. The fourth-order valence-corrected chi connectivity index (χ4v) is 6.33. The van der Waals surface area contributed by atoms with Crippen LogP contribution in [0, 0.1) is 0 Å². The van der Waals surface area contributed by atoms with Crippen molar-refractivity contribution in [3.63, 3.8) is 0 Å². The summed E-state index contributed by atoms with van der Waals surface area (Å²) in [5.74, 6) is -7.56. The predicted molar refractivity (Wildman–Crippen MR) is 192 cm³/mol. The summed E-state index contributed by atoms with van der Waals surface area (Å²) in [7, 11) is 0. The zero-order valence-corrected chi connectivity index (χ0v) is 29.1. The zero-order valence-electron chi connectivity index (χ0n) is 26.0. The van der Waals surface area contributed by atoms with Gasteiger partial charge in [-0.1, -0.05) is 44.0 Å². The van der Waals surface area contributed by atoms with Crippen LogP contribution in [0.3, 0.4) is 0 Å². The lowest BCUT2D eigenvalue weighted by Gasteiger charge is -2.41. The fourth-order valence-electron chi connectivity index (χ4n) is 5.61. The summed E-state index contributed by atoms with van der Waals surface area (Å²) < 4.78 is 1.46. The summed E-state index contributed by atoms with van der Waals surface area (Å²) >= 11 is 6.86. The van der Waals surface area contributed by atoms with Gasteiger partial charge in [-0.25, -0.2) is 0 Å². The first-order valence-electron chi connectivity index (χ1n) is 15.1. The van der Waals surface area contributed by atoms with Gasteiger partial charge in [-0.05, 0) is 55.5 Å². The number of hydrogen-bond acceptors (Lipinski definition) is 7. The van der Waals surface area contributed by atoms with Gasteiger partial charge in [-0.15, -0.1) is 0 Å². The molecule has 17 heteroatoms. The average Bonchev–Trinajstić information content (AvgIpc) is 3.63. The molecule has 15 nitrogen and oxygen atoms in total. The number of fused-ring (bicyclic) bond motifs is 2. The molecule has 2 unspecified atom stereocenters. The predicted octanol–water partition coefficient (Wildman–Crippen LogP) is 1.17. The van der Waals surface area contributed by atoms with Gasteiger partial charge in [0.2, 0.25) is 0 Å². The van der Waals surface area contributed by atoms with Crippen LogP contribution in [-0.2, 0) is 15.2 Å². The van der Waals surface area contributed by atoms with Crippen molar-refractivity contribution in [1.29, 1.82) is 0 Å². The molecule has 0 spiro atoms. The molecule has 0 aliphatic carbocycles. The van der Waals surface area contributed by atoms with Gasteiger partial charge in [-0.2, -0.15) is 0 Å². The number of aliphatic imine (C=N–C) groups is 2. The summed E-state index contributed by atoms with van der Waals surface area (Å²) in [6, 6.07) is 10.3. The lowest BCUT2D eigenvalue weighted by molar-refractivity contribution is -0.218. The van der Waals surface area contributed by atoms with Gasteiger partial charge in [0.25, 0.3) is 17.6 Å². The van der Waals surface area contributed by atoms with Crippen molar-refractivity contribution in [3.05, 3.63) is 68.9 Å². The minimum Gasteiger partial charge on any atom is -0.375 e. The van der Waals surface area contributed by atoms with Crippen molar-refractivity contribution in [2.45, 2.75) is 43.0 Å². The van der Waals surface area contributed by atoms with Crippen LogP contribution in [0.5, 0.6) is 0 Å². The summed E-state index contributed by atoms with van der Waals surface area (Å²) in [5.41, 5.74) is 20.0. The molecule has 48 heavy (non-hydrogen) atoms. The highest BCUT2D eigenvalue weighted by Crippen LogP contribution is 2.48. The smallest absolute Gasteiger partial charge is 0.280 e. The Bertz CT molecular complexity index is 1810. The second-order valence-electron chi connectivity index (χ2n) is 11.3. The molecule has 0 aliphatic rings. The molecule has 2 aromatic carbocycles. The number of amides is 2. The number of aliphatic hydroxyl groups is 3. The average molecular weight is 793 g/mol. The Kier molecular flexibility index (Phi) is 12.1. The molecule has 0 aliphatic heterocycles. The number of H-pyrrole nitrogens is 2. The number of nitrogens with one attached hydrogen (secondary N) is 4. The molecule has 2 amide bonds. The van der Waals surface area contributed by atoms with E-state index in [1.54, 1.807) is 36.4 Å². The van der Waals surface area contributed by atoms with E-state index < -0.39 is 29.1 Å². The van der Waals surface area contributed by atoms with Gasteiger partial charge < -0.3 is 58.9 Å². The van der Waals surface area contributed by atoms with Crippen molar-refractivity contribution >= 4 is 77.4 Å². The van der Waals surface area contributed by atoms with E-state index in [1.165, 1.54) is 12.4 Å². The zero-order chi connectivity index (χ0) is 35.1. The molecule has 0 saturated carbocycles. The maximum atomic E-state index is 14.3. The third-order valence-electron chi connectivity index (χ3n) is 7.87. The van der Waals surface area contributed by atoms with Gasteiger partial charge in [-0.3, -0.25) is 19.6 Å². The third kappa shape index (κ3) is 8.27. The second kappa shape index (κ2) is 15.8. The van der Waals surface area contributed by atoms with Crippen molar-refractivity contribution in [2.75, 3.05) is 26.2 Å². The van der Waals surface area contributed by atoms with Crippen molar-refractivity contribution in [3.8, 4) is 0 Å². The second-order valence-corrected chi connectivity index (χ2v) is 13.1. The first-order valence-corrected chi connectivity index (χ1v) is 16.7. The standard InChI is InChI=1S/C31H40Br2N10O5/c32-17-5-7-19-21(15-42-23(19)13-17)25(31(47,48)27(45)39-10-2-4-12-41-29(36)37)30(46,26(44)38-9-1-3-11-40-28(34)35)22-16-43-24-14-18(33)6-8-20(22)24/h5-8,13-16,25,42-43,46-48H,1-4,9-12H2,(H,38,44)(H,39,45)(H4,34,35,40)(H4,36,37,41). The Morgan fingerprint density at radius 2 is 1.25 bits per heavy atom. The van der Waals surface area contributed by atoms with Crippen LogP contribution in [0.15, 0.2) is 67.7 Å². The van der Waals surface area contributed by atoms with E-state index in [0.717, 1.165) is 8.95 Å². The number of nitrogens with two attached hydrogens (primary N) is 4. The summed E-state index contributed by atoms with van der Waals surface area (Å²) in [6.07, 6.45) is 4.74. The van der Waals surface area contributed by atoms with Gasteiger partial charge in [0, 0.05) is 74.9 Å². The minimum absolute atomic E-state index is 0.0250.